The summed E-state index contributed by atoms with van der Waals surface area (Å²) in [5.74, 6) is -2.24. The molecule has 0 aliphatic rings. The zero-order chi connectivity index (χ0) is 15.4. The third kappa shape index (κ3) is 3.65. The van der Waals surface area contributed by atoms with Crippen LogP contribution in [0.25, 0.3) is 0 Å². The molecule has 21 heavy (non-hydrogen) atoms. The highest BCUT2D eigenvalue weighted by atomic mass is 19.1. The molecule has 2 rings (SSSR count). The summed E-state index contributed by atoms with van der Waals surface area (Å²) in [4.78, 5) is 0. The third-order valence-electron chi connectivity index (χ3n) is 2.78. The molecular weight excluding hydrogens is 283 g/mol. The molecule has 0 amide bonds. The van der Waals surface area contributed by atoms with Crippen LogP contribution >= 0.6 is 0 Å². The maximum absolute atomic E-state index is 13.4. The van der Waals surface area contributed by atoms with Gasteiger partial charge < -0.3 is 16.3 Å². The van der Waals surface area contributed by atoms with Crippen LogP contribution in [0.4, 0.5) is 18.9 Å². The number of hydrogen-bond acceptors (Lipinski definition) is 3. The summed E-state index contributed by atoms with van der Waals surface area (Å²) in [6.45, 7) is 0.0893. The van der Waals surface area contributed by atoms with E-state index in [0.29, 0.717) is 5.56 Å². The van der Waals surface area contributed by atoms with E-state index in [9.17, 15) is 13.2 Å². The third-order valence-corrected chi connectivity index (χ3v) is 2.78. The Morgan fingerprint density at radius 1 is 1.10 bits per heavy atom. The van der Waals surface area contributed by atoms with Gasteiger partial charge in [0.25, 0.3) is 0 Å². The van der Waals surface area contributed by atoms with Gasteiger partial charge in [-0.15, -0.1) is 0 Å². The molecule has 2 aromatic rings. The average Bonchev–Trinajstić information content (AvgIpc) is 2.45. The van der Waals surface area contributed by atoms with Crippen LogP contribution in [0.5, 0.6) is 0 Å². The van der Waals surface area contributed by atoms with Gasteiger partial charge in [-0.2, -0.15) is 0 Å². The molecule has 0 atom stereocenters. The fourth-order valence-electron chi connectivity index (χ4n) is 1.79. The smallest absolute Gasteiger partial charge is 0.170 e. The number of nitrogens with zero attached hydrogens (tertiary/aromatic N) is 1. The van der Waals surface area contributed by atoms with Gasteiger partial charge in [0.15, 0.2) is 5.84 Å². The standard InChI is InChI=1S/C14H12F3N3O/c15-10-1-2-13(12(17)6-10)19-7-8-3-9(14(18)20-21)5-11(16)4-8/h1-6,19,21H,7H2,(H2,18,20). The number of benzene rings is 2. The maximum atomic E-state index is 13.4. The Balaban J connectivity index is 2.18. The monoisotopic (exact) mass is 295 g/mol. The molecule has 0 radical (unpaired) electrons. The van der Waals surface area contributed by atoms with Gasteiger partial charge in [0.2, 0.25) is 0 Å². The molecule has 4 nitrogen and oxygen atoms in total. The number of oxime groups is 1. The lowest BCUT2D eigenvalue weighted by Gasteiger charge is -2.09. The SMILES string of the molecule is N/C(=N/O)c1cc(F)cc(CNc2ccc(F)cc2F)c1. The fraction of sp³-hybridized carbons (Fsp3) is 0.0714. The van der Waals surface area contributed by atoms with E-state index in [0.717, 1.165) is 18.2 Å². The van der Waals surface area contributed by atoms with Crippen LogP contribution in [0.2, 0.25) is 0 Å². The Morgan fingerprint density at radius 3 is 2.52 bits per heavy atom. The lowest BCUT2D eigenvalue weighted by molar-refractivity contribution is 0.318. The predicted octanol–water partition coefficient (Wildman–Crippen LogP) is 2.81. The van der Waals surface area contributed by atoms with E-state index in [2.05, 4.69) is 10.5 Å². The van der Waals surface area contributed by atoms with Gasteiger partial charge >= 0.3 is 0 Å². The average molecular weight is 295 g/mol. The van der Waals surface area contributed by atoms with Gasteiger partial charge in [-0.25, -0.2) is 13.2 Å². The molecule has 0 unspecified atom stereocenters. The Bertz CT molecular complexity index is 689. The van der Waals surface area contributed by atoms with Crippen molar-refractivity contribution in [2.24, 2.45) is 10.9 Å². The quantitative estimate of drug-likeness (QED) is 0.351. The molecule has 0 aliphatic heterocycles. The normalized spacial score (nSPS) is 11.5. The second kappa shape index (κ2) is 6.17. The summed E-state index contributed by atoms with van der Waals surface area (Å²) in [5, 5.41) is 14.1. The van der Waals surface area contributed by atoms with Crippen LogP contribution in [-0.4, -0.2) is 11.0 Å². The van der Waals surface area contributed by atoms with Crippen LogP contribution in [-0.2, 0) is 6.54 Å². The maximum Gasteiger partial charge on any atom is 0.170 e. The number of anilines is 1. The molecule has 0 fully saturated rings. The molecular formula is C14H12F3N3O. The molecule has 0 bridgehead atoms. The van der Waals surface area contributed by atoms with Crippen molar-refractivity contribution in [3.63, 3.8) is 0 Å². The highest BCUT2D eigenvalue weighted by Gasteiger charge is 2.07. The van der Waals surface area contributed by atoms with Crippen LogP contribution in [0.3, 0.4) is 0 Å². The minimum absolute atomic E-state index is 0.0889. The van der Waals surface area contributed by atoms with E-state index in [4.69, 9.17) is 10.9 Å². The highest BCUT2D eigenvalue weighted by Crippen LogP contribution is 2.17. The number of hydrogen-bond donors (Lipinski definition) is 3. The fourth-order valence-corrected chi connectivity index (χ4v) is 1.79. The van der Waals surface area contributed by atoms with Gasteiger partial charge in [0.1, 0.15) is 17.5 Å². The van der Waals surface area contributed by atoms with Gasteiger partial charge in [0, 0.05) is 18.2 Å². The molecule has 0 aliphatic carbocycles. The molecule has 4 N–H and O–H groups in total. The lowest BCUT2D eigenvalue weighted by atomic mass is 10.1. The Labute approximate surface area is 118 Å². The van der Waals surface area contributed by atoms with Crippen LogP contribution < -0.4 is 11.1 Å². The second-order valence-electron chi connectivity index (χ2n) is 4.31. The van der Waals surface area contributed by atoms with Gasteiger partial charge in [0.05, 0.1) is 5.69 Å². The van der Waals surface area contributed by atoms with Crippen molar-refractivity contribution in [3.05, 3.63) is 65.0 Å². The zero-order valence-electron chi connectivity index (χ0n) is 10.8. The zero-order valence-corrected chi connectivity index (χ0v) is 10.8. The first-order valence-corrected chi connectivity index (χ1v) is 5.96. The van der Waals surface area contributed by atoms with E-state index < -0.39 is 17.5 Å². The summed E-state index contributed by atoms with van der Waals surface area (Å²) in [7, 11) is 0. The van der Waals surface area contributed by atoms with E-state index in [1.54, 1.807) is 0 Å². The van der Waals surface area contributed by atoms with Crippen LogP contribution in [0, 0.1) is 17.5 Å². The van der Waals surface area contributed by atoms with Gasteiger partial charge in [-0.3, -0.25) is 0 Å². The van der Waals surface area contributed by atoms with Gasteiger partial charge in [-0.1, -0.05) is 5.16 Å². The minimum atomic E-state index is -0.747. The van der Waals surface area contributed by atoms with E-state index in [1.807, 2.05) is 0 Å². The molecule has 0 spiro atoms. The van der Waals surface area contributed by atoms with Gasteiger partial charge in [-0.05, 0) is 35.9 Å². The Hall–Kier alpha value is -2.70. The number of rotatable bonds is 4. The summed E-state index contributed by atoms with van der Waals surface area (Å²) >= 11 is 0. The van der Waals surface area contributed by atoms with Crippen molar-refractivity contribution in [2.45, 2.75) is 6.54 Å². The summed E-state index contributed by atoms with van der Waals surface area (Å²) < 4.78 is 39.7. The molecule has 0 saturated carbocycles. The molecule has 2 aromatic carbocycles. The van der Waals surface area contributed by atoms with E-state index in [1.165, 1.54) is 18.2 Å². The van der Waals surface area contributed by atoms with Crippen molar-refractivity contribution < 1.29 is 18.4 Å². The van der Waals surface area contributed by atoms with Crippen molar-refractivity contribution in [3.8, 4) is 0 Å². The Morgan fingerprint density at radius 2 is 1.86 bits per heavy atom. The summed E-state index contributed by atoms with van der Waals surface area (Å²) in [6, 6.07) is 6.93. The topological polar surface area (TPSA) is 70.6 Å². The number of amidine groups is 1. The molecule has 110 valence electrons. The Kier molecular flexibility index (Phi) is 4.32. The number of nitrogens with two attached hydrogens (primary N) is 1. The molecule has 0 aromatic heterocycles. The summed E-state index contributed by atoms with van der Waals surface area (Å²) in [5.41, 5.74) is 6.14. The van der Waals surface area contributed by atoms with Crippen LogP contribution in [0.1, 0.15) is 11.1 Å². The minimum Gasteiger partial charge on any atom is -0.409 e. The lowest BCUT2D eigenvalue weighted by Crippen LogP contribution is -2.14. The highest BCUT2D eigenvalue weighted by molar-refractivity contribution is 5.97. The predicted molar refractivity (Wildman–Crippen MR) is 72.6 cm³/mol. The largest absolute Gasteiger partial charge is 0.409 e. The molecule has 0 heterocycles. The van der Waals surface area contributed by atoms with E-state index >= 15 is 0 Å². The molecule has 0 saturated heterocycles. The number of nitrogens with one attached hydrogen (secondary N) is 1. The van der Waals surface area contributed by atoms with Crippen molar-refractivity contribution in [1.29, 1.82) is 0 Å². The van der Waals surface area contributed by atoms with E-state index in [-0.39, 0.29) is 23.6 Å². The molecule has 7 heteroatoms. The second-order valence-corrected chi connectivity index (χ2v) is 4.31. The van der Waals surface area contributed by atoms with Crippen molar-refractivity contribution >= 4 is 11.5 Å². The number of halogens is 3. The first kappa shape index (κ1) is 14.7. The van der Waals surface area contributed by atoms with Crippen molar-refractivity contribution in [2.75, 3.05) is 5.32 Å². The summed E-state index contributed by atoms with van der Waals surface area (Å²) in [6.07, 6.45) is 0. The first-order chi connectivity index (χ1) is 9.99. The van der Waals surface area contributed by atoms with Crippen LogP contribution in [0.15, 0.2) is 41.6 Å². The van der Waals surface area contributed by atoms with Crippen molar-refractivity contribution in [1.82, 2.24) is 0 Å². The first-order valence-electron chi connectivity index (χ1n) is 5.96.